The second kappa shape index (κ2) is 9.32. The zero-order valence-electron chi connectivity index (χ0n) is 13.8. The van der Waals surface area contributed by atoms with Crippen LogP contribution in [0.15, 0.2) is 42.5 Å². The maximum absolute atomic E-state index is 12.1. The van der Waals surface area contributed by atoms with E-state index in [-0.39, 0.29) is 34.8 Å². The number of benzene rings is 1. The molecule has 0 amide bonds. The number of carbonyl (C=O) groups is 1. The molecule has 0 saturated heterocycles. The number of carbonyl (C=O) groups excluding carboxylic acids is 1. The highest BCUT2D eigenvalue weighted by Crippen LogP contribution is 2.15. The Bertz CT molecular complexity index is 840. The summed E-state index contributed by atoms with van der Waals surface area (Å²) in [5.41, 5.74) is 6.99. The summed E-state index contributed by atoms with van der Waals surface area (Å²) in [6.45, 7) is -0.0781. The van der Waals surface area contributed by atoms with E-state index in [1.165, 1.54) is 12.1 Å². The molecule has 0 aliphatic heterocycles. The van der Waals surface area contributed by atoms with Gasteiger partial charge in [-0.1, -0.05) is 53.5 Å². The van der Waals surface area contributed by atoms with Gasteiger partial charge in [-0.2, -0.15) is 0 Å². The van der Waals surface area contributed by atoms with Crippen LogP contribution in [0.2, 0.25) is 10.3 Å². The smallest absolute Gasteiger partial charge is 0.323 e. The molecule has 0 aliphatic rings. The van der Waals surface area contributed by atoms with Crippen molar-refractivity contribution in [2.75, 3.05) is 5.75 Å². The number of aromatic nitrogens is 1. The highest BCUT2D eigenvalue weighted by molar-refractivity contribution is 7.90. The first-order valence-corrected chi connectivity index (χ1v) is 10.3. The number of esters is 1. The fourth-order valence-corrected chi connectivity index (χ4v) is 4.15. The summed E-state index contributed by atoms with van der Waals surface area (Å²) in [5, 5.41) is 0.361. The Balaban J connectivity index is 1.82. The van der Waals surface area contributed by atoms with E-state index in [0.29, 0.717) is 11.1 Å². The fraction of sp³-hybridized carbons (Fsp3) is 0.294. The van der Waals surface area contributed by atoms with Gasteiger partial charge in [-0.3, -0.25) is 4.79 Å². The van der Waals surface area contributed by atoms with Gasteiger partial charge in [0.05, 0.1) is 11.5 Å². The summed E-state index contributed by atoms with van der Waals surface area (Å²) < 4.78 is 29.4. The summed E-state index contributed by atoms with van der Waals surface area (Å²) in [4.78, 5) is 15.7. The molecule has 0 unspecified atom stereocenters. The molecule has 140 valence electrons. The molecule has 1 heterocycles. The third-order valence-electron chi connectivity index (χ3n) is 3.48. The first-order chi connectivity index (χ1) is 12.2. The van der Waals surface area contributed by atoms with Gasteiger partial charge in [-0.25, -0.2) is 13.4 Å². The average Bonchev–Trinajstić information content (AvgIpc) is 2.57. The van der Waals surface area contributed by atoms with E-state index in [9.17, 15) is 13.2 Å². The van der Waals surface area contributed by atoms with Crippen molar-refractivity contribution in [3.8, 4) is 0 Å². The molecule has 0 bridgehead atoms. The molecule has 6 nitrogen and oxygen atoms in total. The van der Waals surface area contributed by atoms with E-state index in [1.54, 1.807) is 24.3 Å². The van der Waals surface area contributed by atoms with Crippen molar-refractivity contribution >= 4 is 39.0 Å². The third kappa shape index (κ3) is 6.92. The molecule has 1 aromatic carbocycles. The van der Waals surface area contributed by atoms with E-state index < -0.39 is 21.8 Å². The molecular formula is C17H18Cl2N2O4S. The number of sulfone groups is 1. The van der Waals surface area contributed by atoms with Crippen LogP contribution in [0.4, 0.5) is 0 Å². The first-order valence-electron chi connectivity index (χ1n) is 7.74. The van der Waals surface area contributed by atoms with E-state index >= 15 is 0 Å². The summed E-state index contributed by atoms with van der Waals surface area (Å²) in [5.74, 6) is -0.988. The number of pyridine rings is 1. The second-order valence-electron chi connectivity index (χ2n) is 5.70. The van der Waals surface area contributed by atoms with Crippen LogP contribution in [0.1, 0.15) is 17.5 Å². The maximum atomic E-state index is 12.1. The van der Waals surface area contributed by atoms with Gasteiger partial charge in [0.1, 0.15) is 23.0 Å². The number of ether oxygens (including phenoxy) is 1. The van der Waals surface area contributed by atoms with Gasteiger partial charge < -0.3 is 10.5 Å². The minimum Gasteiger partial charge on any atom is -0.460 e. The van der Waals surface area contributed by atoms with Crippen LogP contribution >= 0.6 is 23.2 Å². The maximum Gasteiger partial charge on any atom is 0.323 e. The van der Waals surface area contributed by atoms with E-state index in [4.69, 9.17) is 33.7 Å². The highest BCUT2D eigenvalue weighted by atomic mass is 35.5. The summed E-state index contributed by atoms with van der Waals surface area (Å²) in [7, 11) is -3.37. The molecule has 2 aromatic rings. The van der Waals surface area contributed by atoms with Crippen molar-refractivity contribution in [3.05, 3.63) is 63.9 Å². The molecule has 0 radical (unpaired) electrons. The molecule has 2 rings (SSSR count). The molecule has 0 spiro atoms. The number of rotatable bonds is 8. The van der Waals surface area contributed by atoms with Gasteiger partial charge in [-0.15, -0.1) is 0 Å². The van der Waals surface area contributed by atoms with Gasteiger partial charge in [0.25, 0.3) is 0 Å². The SMILES string of the molecule is N[C@@H](CCS(=O)(=O)Cc1ccccc1)C(=O)OCc1cc(Cl)nc(Cl)c1. The van der Waals surface area contributed by atoms with E-state index in [1.807, 2.05) is 6.07 Å². The van der Waals surface area contributed by atoms with Gasteiger partial charge in [0.2, 0.25) is 0 Å². The summed E-state index contributed by atoms with van der Waals surface area (Å²) in [6, 6.07) is 10.8. The summed E-state index contributed by atoms with van der Waals surface area (Å²) >= 11 is 11.5. The van der Waals surface area contributed by atoms with Crippen LogP contribution in [0.3, 0.4) is 0 Å². The predicted octanol–water partition coefficient (Wildman–Crippen LogP) is 2.76. The molecular weight excluding hydrogens is 399 g/mol. The Labute approximate surface area is 162 Å². The molecule has 26 heavy (non-hydrogen) atoms. The zero-order chi connectivity index (χ0) is 19.2. The Hall–Kier alpha value is -1.67. The van der Waals surface area contributed by atoms with E-state index in [2.05, 4.69) is 4.98 Å². The van der Waals surface area contributed by atoms with Crippen molar-refractivity contribution in [2.45, 2.75) is 24.8 Å². The topological polar surface area (TPSA) is 99.4 Å². The predicted molar refractivity (Wildman–Crippen MR) is 101 cm³/mol. The van der Waals surface area contributed by atoms with Crippen LogP contribution in [0, 0.1) is 0 Å². The van der Waals surface area contributed by atoms with Crippen molar-refractivity contribution < 1.29 is 17.9 Å². The van der Waals surface area contributed by atoms with Crippen LogP contribution in [-0.4, -0.2) is 31.2 Å². The lowest BCUT2D eigenvalue weighted by molar-refractivity contribution is -0.146. The minimum atomic E-state index is -3.37. The fourth-order valence-electron chi connectivity index (χ4n) is 2.18. The Morgan fingerprint density at radius 1 is 1.12 bits per heavy atom. The van der Waals surface area contributed by atoms with Gasteiger partial charge in [0.15, 0.2) is 9.84 Å². The summed E-state index contributed by atoms with van der Waals surface area (Å²) in [6.07, 6.45) is -0.0220. The monoisotopic (exact) mass is 416 g/mol. The normalized spacial score (nSPS) is 12.6. The average molecular weight is 417 g/mol. The molecule has 0 saturated carbocycles. The Morgan fingerprint density at radius 3 is 2.35 bits per heavy atom. The molecule has 0 fully saturated rings. The molecule has 0 aliphatic carbocycles. The van der Waals surface area contributed by atoms with Crippen LogP contribution < -0.4 is 5.73 Å². The standard InChI is InChI=1S/C17H18Cl2N2O4S/c18-15-8-13(9-16(19)21-15)10-25-17(22)14(20)6-7-26(23,24)11-12-4-2-1-3-5-12/h1-5,8-9,14H,6-7,10-11,20H2/t14-/m0/s1. The Kier molecular flexibility index (Phi) is 7.40. The molecule has 2 N–H and O–H groups in total. The second-order valence-corrected chi connectivity index (χ2v) is 8.66. The lowest BCUT2D eigenvalue weighted by Gasteiger charge is -2.12. The van der Waals surface area contributed by atoms with Crippen LogP contribution in [-0.2, 0) is 31.7 Å². The largest absolute Gasteiger partial charge is 0.460 e. The third-order valence-corrected chi connectivity index (χ3v) is 5.49. The van der Waals surface area contributed by atoms with Crippen LogP contribution in [0.25, 0.3) is 0 Å². The quantitative estimate of drug-likeness (QED) is 0.524. The van der Waals surface area contributed by atoms with Crippen molar-refractivity contribution in [1.29, 1.82) is 0 Å². The Morgan fingerprint density at radius 2 is 1.73 bits per heavy atom. The lowest BCUT2D eigenvalue weighted by atomic mass is 10.2. The van der Waals surface area contributed by atoms with Gasteiger partial charge in [-0.05, 0) is 29.7 Å². The number of nitrogens with zero attached hydrogens (tertiary/aromatic N) is 1. The molecule has 1 atom stereocenters. The van der Waals surface area contributed by atoms with E-state index in [0.717, 1.165) is 0 Å². The van der Waals surface area contributed by atoms with Crippen LogP contribution in [0.5, 0.6) is 0 Å². The minimum absolute atomic E-state index is 0.0220. The first kappa shape index (κ1) is 20.6. The number of nitrogens with two attached hydrogens (primary N) is 1. The van der Waals surface area contributed by atoms with Crippen molar-refractivity contribution in [2.24, 2.45) is 5.73 Å². The molecule has 1 aromatic heterocycles. The van der Waals surface area contributed by atoms with Gasteiger partial charge >= 0.3 is 5.97 Å². The number of halogens is 2. The number of hydrogen-bond acceptors (Lipinski definition) is 6. The highest BCUT2D eigenvalue weighted by Gasteiger charge is 2.20. The zero-order valence-corrected chi connectivity index (χ0v) is 16.1. The number of hydrogen-bond donors (Lipinski definition) is 1. The van der Waals surface area contributed by atoms with Crippen molar-refractivity contribution in [1.82, 2.24) is 4.98 Å². The van der Waals surface area contributed by atoms with Gasteiger partial charge in [0, 0.05) is 0 Å². The lowest BCUT2D eigenvalue weighted by Crippen LogP contribution is -2.34. The van der Waals surface area contributed by atoms with Crippen molar-refractivity contribution in [3.63, 3.8) is 0 Å². The molecule has 9 heteroatoms.